The van der Waals surface area contributed by atoms with Gasteiger partial charge in [-0.3, -0.25) is 57.5 Å². The number of carboxylic acid groups (broad SMARTS) is 2. The van der Waals surface area contributed by atoms with Crippen LogP contribution >= 0.6 is 24.4 Å². The molecule has 0 aliphatic rings. The maximum Gasteiger partial charge on any atom is 0.303 e. The number of nitrogens with one attached hydrogen (secondary N) is 6. The van der Waals surface area contributed by atoms with E-state index in [2.05, 4.69) is 44.5 Å². The average molecular weight is 961 g/mol. The molecule has 0 radical (unpaired) electrons. The van der Waals surface area contributed by atoms with Crippen LogP contribution in [-0.4, -0.2) is 123 Å². The summed E-state index contributed by atoms with van der Waals surface area (Å²) in [7, 11) is 0. The number of hydrogen-bond donors (Lipinski definition) is 13. The Bertz CT molecular complexity index is 2180. The predicted molar refractivity (Wildman–Crippen MR) is 237 cm³/mol. The van der Waals surface area contributed by atoms with Gasteiger partial charge in [0.25, 0.3) is 11.8 Å². The molecule has 6 atom stereocenters. The average Bonchev–Trinajstić information content (AvgIpc) is 3.24. The van der Waals surface area contributed by atoms with Crippen molar-refractivity contribution in [3.8, 4) is 0 Å². The first-order valence-corrected chi connectivity index (χ1v) is 21.6. The molecule has 0 saturated heterocycles. The second kappa shape index (κ2) is 27.2. The molecule has 0 aliphatic heterocycles. The molecule has 0 bridgehead atoms. The normalized spacial score (nSPS) is 13.4. The molecule has 0 aromatic heterocycles. The number of rotatable bonds is 29. The van der Waals surface area contributed by atoms with Crippen LogP contribution in [0, 0.1) is 0 Å². The van der Waals surface area contributed by atoms with Gasteiger partial charge in [-0.25, -0.2) is 0 Å². The summed E-state index contributed by atoms with van der Waals surface area (Å²) in [6.07, 6.45) is -3.64. The third-order valence-corrected chi connectivity index (χ3v) is 10.7. The Morgan fingerprint density at radius 3 is 1.35 bits per heavy atom. The molecular weight excluding hydrogens is 909 g/mol. The molecule has 0 heterocycles. The number of aliphatic carboxylic acids is 2. The van der Waals surface area contributed by atoms with E-state index in [-0.39, 0.29) is 28.4 Å². The minimum Gasteiger partial charge on any atom is -0.481 e. The Balaban J connectivity index is 2.24. The lowest BCUT2D eigenvalue weighted by Crippen LogP contribution is -2.57. The number of carboxylic acids is 2. The molecule has 26 heteroatoms. The smallest absolute Gasteiger partial charge is 0.303 e. The van der Waals surface area contributed by atoms with Crippen molar-refractivity contribution in [3.05, 3.63) is 70.8 Å². The Morgan fingerprint density at radius 1 is 0.545 bits per heavy atom. The number of hydrogen-bond acceptors (Lipinski definition) is 14. The molecule has 2 rings (SSSR count). The van der Waals surface area contributed by atoms with Gasteiger partial charge in [0.05, 0.1) is 12.8 Å². The van der Waals surface area contributed by atoms with Gasteiger partial charge in [0.2, 0.25) is 47.3 Å². The number of carbonyl (C=O) groups is 12. The van der Waals surface area contributed by atoms with Gasteiger partial charge in [-0.15, -0.1) is 0 Å². The lowest BCUT2D eigenvalue weighted by molar-refractivity contribution is -0.138. The monoisotopic (exact) mass is 960 g/mol. The highest BCUT2D eigenvalue weighted by Crippen LogP contribution is 2.19. The second-order valence-electron chi connectivity index (χ2n) is 14.5. The van der Waals surface area contributed by atoms with Crippen LogP contribution in [0.2, 0.25) is 0 Å². The number of carbonyl (C=O) groups excluding carboxylic acids is 10. The highest BCUT2D eigenvalue weighted by Gasteiger charge is 2.33. The van der Waals surface area contributed by atoms with Crippen LogP contribution in [0.1, 0.15) is 77.3 Å². The van der Waals surface area contributed by atoms with Crippen LogP contribution in [0.5, 0.6) is 0 Å². The lowest BCUT2D eigenvalue weighted by Gasteiger charge is -2.24. The molecule has 24 nitrogen and oxygen atoms in total. The largest absolute Gasteiger partial charge is 0.481 e. The predicted octanol–water partition coefficient (Wildman–Crippen LogP) is -3.34. The SMILES string of the molecule is C[C@H](NC(=O)[C@H](CC(N)=O)NC(=O)[C@H](CCC(=O)O)NC(=O)c1ccccc1CSC[C@H](NC(=O)[C@H](CC(N)=O)NC(=O)[C@H](CCC(=O)O)NC(=O)c1ccccc1CS)C(N)=O)C(N)=O. The van der Waals surface area contributed by atoms with E-state index in [9.17, 15) is 67.7 Å². The van der Waals surface area contributed by atoms with Crippen molar-refractivity contribution in [2.24, 2.45) is 22.9 Å². The summed E-state index contributed by atoms with van der Waals surface area (Å²) in [4.78, 5) is 150. The van der Waals surface area contributed by atoms with E-state index in [4.69, 9.17) is 22.9 Å². The molecule has 0 unspecified atom stereocenters. The number of primary amides is 4. The topological polar surface area (TPSA) is 422 Å². The first-order valence-electron chi connectivity index (χ1n) is 19.8. The van der Waals surface area contributed by atoms with E-state index in [1.165, 1.54) is 31.2 Å². The summed E-state index contributed by atoms with van der Waals surface area (Å²) in [5.74, 6) is -12.7. The molecule has 2 aromatic rings. The molecule has 66 heavy (non-hydrogen) atoms. The molecular formula is C40H52N10O14S2. The van der Waals surface area contributed by atoms with Crippen molar-refractivity contribution in [1.82, 2.24) is 31.9 Å². The number of benzene rings is 2. The standard InChI is InChI=1S/C40H52N10O14S2/c1-19(33(43)57)45-39(63)26(14-29(41)51)48-37(61)25(11-13-32(55)56)47-36(60)23-9-5-3-7-21(23)17-66-18-28(34(44)58)50-40(64)27(15-30(42)52)49-38(62)24(10-12-31(53)54)46-35(59)22-8-4-2-6-20(22)16-65/h2-9,19,24-28,65H,10-18H2,1H3,(H2,41,51)(H2,42,52)(H2,43,57)(H2,44,58)(H,45,63)(H,46,59)(H,47,60)(H,48,61)(H,49,62)(H,50,64)(H,53,54)(H,55,56)/t19-,24-,25-,26-,27-,28-/m0/s1. The van der Waals surface area contributed by atoms with Crippen molar-refractivity contribution < 1.29 is 67.7 Å². The van der Waals surface area contributed by atoms with Gasteiger partial charge in [0, 0.05) is 41.2 Å². The Hall–Kier alpha value is -7.22. The van der Waals surface area contributed by atoms with Gasteiger partial charge in [0.1, 0.15) is 36.3 Å². The highest BCUT2D eigenvalue weighted by atomic mass is 32.2. The van der Waals surface area contributed by atoms with Gasteiger partial charge in [-0.05, 0) is 43.0 Å². The first kappa shape index (κ1) is 54.9. The Labute approximate surface area is 386 Å². The van der Waals surface area contributed by atoms with Crippen LogP contribution in [-0.2, 0) is 59.5 Å². The van der Waals surface area contributed by atoms with Gasteiger partial charge >= 0.3 is 11.9 Å². The molecule has 0 spiro atoms. The fourth-order valence-corrected chi connectivity index (χ4v) is 7.15. The van der Waals surface area contributed by atoms with Crippen molar-refractivity contribution in [1.29, 1.82) is 0 Å². The van der Waals surface area contributed by atoms with Crippen LogP contribution in [0.4, 0.5) is 0 Å². The summed E-state index contributed by atoms with van der Waals surface area (Å²) < 4.78 is 0. The molecule has 0 saturated carbocycles. The van der Waals surface area contributed by atoms with Crippen LogP contribution in [0.15, 0.2) is 48.5 Å². The summed E-state index contributed by atoms with van der Waals surface area (Å²) in [5, 5.41) is 32.5. The minimum absolute atomic E-state index is 0.0256. The fourth-order valence-electron chi connectivity index (χ4n) is 5.80. The molecule has 2 aromatic carbocycles. The molecule has 358 valence electrons. The molecule has 0 fully saturated rings. The number of amides is 10. The zero-order valence-electron chi connectivity index (χ0n) is 35.4. The molecule has 10 amide bonds. The number of thioether (sulfide) groups is 1. The lowest BCUT2D eigenvalue weighted by atomic mass is 10.1. The quantitative estimate of drug-likeness (QED) is 0.0355. The number of thiol groups is 1. The van der Waals surface area contributed by atoms with E-state index < -0.39 is 146 Å². The molecule has 0 aliphatic carbocycles. The van der Waals surface area contributed by atoms with Crippen molar-refractivity contribution in [2.45, 2.75) is 93.2 Å². The number of nitrogens with two attached hydrogens (primary N) is 4. The second-order valence-corrected chi connectivity index (χ2v) is 15.8. The third kappa shape index (κ3) is 18.9. The fraction of sp³-hybridized carbons (Fsp3) is 0.400. The van der Waals surface area contributed by atoms with Gasteiger partial charge in [-0.2, -0.15) is 24.4 Å². The van der Waals surface area contributed by atoms with Gasteiger partial charge in [-0.1, -0.05) is 36.4 Å². The van der Waals surface area contributed by atoms with Gasteiger partial charge in [0.15, 0.2) is 0 Å². The van der Waals surface area contributed by atoms with Crippen LogP contribution in [0.3, 0.4) is 0 Å². The minimum atomic E-state index is -1.73. The summed E-state index contributed by atoms with van der Waals surface area (Å²) >= 11 is 5.17. The zero-order chi connectivity index (χ0) is 49.7. The third-order valence-electron chi connectivity index (χ3n) is 9.30. The van der Waals surface area contributed by atoms with Crippen molar-refractivity contribution in [3.63, 3.8) is 0 Å². The van der Waals surface area contributed by atoms with Crippen LogP contribution in [0.25, 0.3) is 0 Å². The Morgan fingerprint density at radius 2 is 0.939 bits per heavy atom. The van der Waals surface area contributed by atoms with E-state index in [0.29, 0.717) is 11.1 Å². The maximum atomic E-state index is 13.6. The van der Waals surface area contributed by atoms with E-state index in [1.54, 1.807) is 24.3 Å². The van der Waals surface area contributed by atoms with E-state index >= 15 is 0 Å². The van der Waals surface area contributed by atoms with Crippen molar-refractivity contribution >= 4 is 95.4 Å². The first-order chi connectivity index (χ1) is 31.0. The summed E-state index contributed by atoms with van der Waals surface area (Å²) in [6, 6.07) is 3.03. The van der Waals surface area contributed by atoms with E-state index in [0.717, 1.165) is 11.8 Å². The van der Waals surface area contributed by atoms with Crippen molar-refractivity contribution in [2.75, 3.05) is 5.75 Å². The summed E-state index contributed by atoms with van der Waals surface area (Å²) in [6.45, 7) is 1.24. The van der Waals surface area contributed by atoms with E-state index in [1.807, 2.05) is 0 Å². The molecule has 16 N–H and O–H groups in total. The highest BCUT2D eigenvalue weighted by molar-refractivity contribution is 7.98. The maximum absolute atomic E-state index is 13.6. The van der Waals surface area contributed by atoms with Crippen LogP contribution < -0.4 is 54.8 Å². The van der Waals surface area contributed by atoms with Gasteiger partial charge < -0.3 is 65.0 Å². The zero-order valence-corrected chi connectivity index (χ0v) is 37.1. The Kier molecular flexibility index (Phi) is 22.6. The summed E-state index contributed by atoms with van der Waals surface area (Å²) in [5.41, 5.74) is 22.3.